The SMILES string of the molecule is Cc1cccc(C(=O)N2CC3CN(Cc4c(-c5ccc(Cl)cc5)nc5ccccn45)CC3C2)c1. The van der Waals surface area contributed by atoms with Gasteiger partial charge in [0, 0.05) is 55.1 Å². The molecule has 1 amide bonds. The molecule has 4 heterocycles. The lowest BCUT2D eigenvalue weighted by Gasteiger charge is -2.22. The van der Waals surface area contributed by atoms with E-state index < -0.39 is 0 Å². The van der Waals surface area contributed by atoms with Gasteiger partial charge in [0.2, 0.25) is 0 Å². The molecule has 0 aliphatic carbocycles. The molecular formula is C28H27ClN4O. The average molecular weight is 471 g/mol. The number of fused-ring (bicyclic) bond motifs is 2. The van der Waals surface area contributed by atoms with E-state index in [1.54, 1.807) is 0 Å². The lowest BCUT2D eigenvalue weighted by atomic mass is 10.0. The first-order chi connectivity index (χ1) is 16.5. The summed E-state index contributed by atoms with van der Waals surface area (Å²) in [5.41, 5.74) is 6.17. The van der Waals surface area contributed by atoms with Crippen LogP contribution in [0.15, 0.2) is 72.9 Å². The van der Waals surface area contributed by atoms with E-state index in [4.69, 9.17) is 16.6 Å². The van der Waals surface area contributed by atoms with Crippen LogP contribution >= 0.6 is 11.6 Å². The largest absolute Gasteiger partial charge is 0.338 e. The minimum atomic E-state index is 0.163. The average Bonchev–Trinajstić information content (AvgIpc) is 3.51. The first kappa shape index (κ1) is 21.4. The highest BCUT2D eigenvalue weighted by molar-refractivity contribution is 6.30. The van der Waals surface area contributed by atoms with E-state index in [1.165, 1.54) is 5.69 Å². The monoisotopic (exact) mass is 470 g/mol. The zero-order valence-electron chi connectivity index (χ0n) is 19.2. The summed E-state index contributed by atoms with van der Waals surface area (Å²) in [6, 6.07) is 22.0. The predicted molar refractivity (Wildman–Crippen MR) is 135 cm³/mol. The van der Waals surface area contributed by atoms with Crippen molar-refractivity contribution in [3.63, 3.8) is 0 Å². The summed E-state index contributed by atoms with van der Waals surface area (Å²) in [5.74, 6) is 1.20. The van der Waals surface area contributed by atoms with E-state index in [2.05, 4.69) is 32.5 Å². The molecule has 172 valence electrons. The maximum atomic E-state index is 13.0. The topological polar surface area (TPSA) is 40.9 Å². The van der Waals surface area contributed by atoms with Gasteiger partial charge in [0.05, 0.1) is 11.4 Å². The molecule has 2 fully saturated rings. The number of carbonyl (C=O) groups is 1. The molecule has 5 nitrogen and oxygen atoms in total. The van der Waals surface area contributed by atoms with Gasteiger partial charge in [-0.15, -0.1) is 0 Å². The third-order valence-corrected chi connectivity index (χ3v) is 7.49. The highest BCUT2D eigenvalue weighted by Crippen LogP contribution is 2.34. The van der Waals surface area contributed by atoms with Crippen LogP contribution in [0.1, 0.15) is 21.6 Å². The van der Waals surface area contributed by atoms with E-state index >= 15 is 0 Å². The molecular weight excluding hydrogens is 444 g/mol. The van der Waals surface area contributed by atoms with Crippen molar-refractivity contribution < 1.29 is 4.79 Å². The second-order valence-electron chi connectivity index (χ2n) is 9.64. The Labute approximate surface area is 204 Å². The fourth-order valence-electron chi connectivity index (χ4n) is 5.59. The third-order valence-electron chi connectivity index (χ3n) is 7.23. The van der Waals surface area contributed by atoms with Gasteiger partial charge in [0.1, 0.15) is 5.65 Å². The number of likely N-dealkylation sites (tertiary alicyclic amines) is 2. The molecule has 2 unspecified atom stereocenters. The smallest absolute Gasteiger partial charge is 0.253 e. The van der Waals surface area contributed by atoms with Crippen molar-refractivity contribution in [3.8, 4) is 11.3 Å². The van der Waals surface area contributed by atoms with Gasteiger partial charge in [-0.05, 0) is 55.2 Å². The molecule has 0 spiro atoms. The Morgan fingerprint density at radius 1 is 0.971 bits per heavy atom. The molecule has 34 heavy (non-hydrogen) atoms. The Morgan fingerprint density at radius 2 is 1.74 bits per heavy atom. The van der Waals surface area contributed by atoms with Crippen LogP contribution < -0.4 is 0 Å². The summed E-state index contributed by atoms with van der Waals surface area (Å²) < 4.78 is 2.20. The zero-order chi connectivity index (χ0) is 23.2. The highest BCUT2D eigenvalue weighted by atomic mass is 35.5. The summed E-state index contributed by atoms with van der Waals surface area (Å²) in [7, 11) is 0. The van der Waals surface area contributed by atoms with Crippen LogP contribution in [0, 0.1) is 18.8 Å². The fourth-order valence-corrected chi connectivity index (χ4v) is 5.72. The van der Waals surface area contributed by atoms with Crippen molar-refractivity contribution in [2.45, 2.75) is 13.5 Å². The number of amides is 1. The van der Waals surface area contributed by atoms with Gasteiger partial charge in [-0.1, -0.05) is 47.5 Å². The van der Waals surface area contributed by atoms with Crippen LogP contribution in [0.2, 0.25) is 5.02 Å². The molecule has 0 bridgehead atoms. The van der Waals surface area contributed by atoms with Gasteiger partial charge in [-0.3, -0.25) is 9.69 Å². The van der Waals surface area contributed by atoms with Crippen LogP contribution in [0.25, 0.3) is 16.9 Å². The molecule has 0 N–H and O–H groups in total. The number of aryl methyl sites for hydroxylation is 1. The molecule has 6 heteroatoms. The number of hydrogen-bond donors (Lipinski definition) is 0. The number of pyridine rings is 1. The highest BCUT2D eigenvalue weighted by Gasteiger charge is 2.42. The van der Waals surface area contributed by atoms with Crippen molar-refractivity contribution in [1.82, 2.24) is 19.2 Å². The number of imidazole rings is 1. The van der Waals surface area contributed by atoms with Crippen molar-refractivity contribution in [2.75, 3.05) is 26.2 Å². The van der Waals surface area contributed by atoms with Gasteiger partial charge >= 0.3 is 0 Å². The maximum Gasteiger partial charge on any atom is 0.253 e. The molecule has 2 aliphatic rings. The summed E-state index contributed by atoms with van der Waals surface area (Å²) in [6.45, 7) is 6.55. The van der Waals surface area contributed by atoms with E-state index in [1.807, 2.05) is 61.5 Å². The number of carbonyl (C=O) groups excluding carboxylic acids is 1. The molecule has 0 saturated carbocycles. The van der Waals surface area contributed by atoms with E-state index in [0.717, 1.165) is 65.8 Å². The summed E-state index contributed by atoms with van der Waals surface area (Å²) in [6.07, 6.45) is 2.09. The van der Waals surface area contributed by atoms with Gasteiger partial charge in [-0.25, -0.2) is 4.98 Å². The Bertz CT molecular complexity index is 1350. The number of hydrogen-bond acceptors (Lipinski definition) is 3. The van der Waals surface area contributed by atoms with Crippen LogP contribution in [-0.4, -0.2) is 51.3 Å². The van der Waals surface area contributed by atoms with Crippen LogP contribution in [0.5, 0.6) is 0 Å². The predicted octanol–water partition coefficient (Wildman–Crippen LogP) is 5.17. The summed E-state index contributed by atoms with van der Waals surface area (Å²) >= 11 is 6.13. The number of halogens is 1. The van der Waals surface area contributed by atoms with Crippen LogP contribution in [0.3, 0.4) is 0 Å². The molecule has 0 radical (unpaired) electrons. The summed E-state index contributed by atoms with van der Waals surface area (Å²) in [5, 5.41) is 0.728. The Balaban J connectivity index is 1.20. The summed E-state index contributed by atoms with van der Waals surface area (Å²) in [4.78, 5) is 22.6. The molecule has 2 atom stereocenters. The number of nitrogens with zero attached hydrogens (tertiary/aromatic N) is 4. The van der Waals surface area contributed by atoms with Crippen LogP contribution in [0.4, 0.5) is 0 Å². The Morgan fingerprint density at radius 3 is 2.47 bits per heavy atom. The minimum absolute atomic E-state index is 0.163. The van der Waals surface area contributed by atoms with Gasteiger partial charge in [0.15, 0.2) is 0 Å². The second kappa shape index (κ2) is 8.57. The van der Waals surface area contributed by atoms with Crippen molar-refractivity contribution >= 4 is 23.2 Å². The first-order valence-corrected chi connectivity index (χ1v) is 12.2. The molecule has 2 aromatic heterocycles. The van der Waals surface area contributed by atoms with Crippen LogP contribution in [-0.2, 0) is 6.54 Å². The quantitative estimate of drug-likeness (QED) is 0.413. The number of rotatable bonds is 4. The number of benzene rings is 2. The Kier molecular flexibility index (Phi) is 5.39. The number of aromatic nitrogens is 2. The molecule has 2 saturated heterocycles. The normalized spacial score (nSPS) is 20.2. The van der Waals surface area contributed by atoms with Gasteiger partial charge in [0.25, 0.3) is 5.91 Å². The molecule has 2 aliphatic heterocycles. The molecule has 4 aromatic rings. The van der Waals surface area contributed by atoms with E-state index in [0.29, 0.717) is 11.8 Å². The second-order valence-corrected chi connectivity index (χ2v) is 10.1. The zero-order valence-corrected chi connectivity index (χ0v) is 19.9. The third kappa shape index (κ3) is 3.89. The first-order valence-electron chi connectivity index (χ1n) is 11.9. The van der Waals surface area contributed by atoms with Crippen molar-refractivity contribution in [3.05, 3.63) is 94.8 Å². The minimum Gasteiger partial charge on any atom is -0.338 e. The molecule has 2 aromatic carbocycles. The molecule has 6 rings (SSSR count). The maximum absolute atomic E-state index is 13.0. The Hall–Kier alpha value is -3.15. The van der Waals surface area contributed by atoms with E-state index in [9.17, 15) is 4.79 Å². The van der Waals surface area contributed by atoms with Crippen molar-refractivity contribution in [2.24, 2.45) is 11.8 Å². The van der Waals surface area contributed by atoms with Crippen molar-refractivity contribution in [1.29, 1.82) is 0 Å². The fraction of sp³-hybridized carbons (Fsp3) is 0.286. The van der Waals surface area contributed by atoms with E-state index in [-0.39, 0.29) is 5.91 Å². The lowest BCUT2D eigenvalue weighted by Crippen LogP contribution is -2.33. The van der Waals surface area contributed by atoms with Gasteiger partial charge in [-0.2, -0.15) is 0 Å². The lowest BCUT2D eigenvalue weighted by molar-refractivity contribution is 0.0773. The van der Waals surface area contributed by atoms with Gasteiger partial charge < -0.3 is 9.30 Å². The standard InChI is InChI=1S/C28H27ClN4O/c1-19-5-4-6-21(13-19)28(34)32-16-22-14-31(15-23(22)17-32)18-25-27(20-8-10-24(29)11-9-20)30-26-7-2-3-12-33(25)26/h2-13,22-23H,14-18H2,1H3.